The van der Waals surface area contributed by atoms with Gasteiger partial charge in [0, 0.05) is 6.61 Å². The number of rotatable bonds is 5. The molecule has 0 spiro atoms. The summed E-state index contributed by atoms with van der Waals surface area (Å²) in [5, 5.41) is 17.8. The van der Waals surface area contributed by atoms with Gasteiger partial charge in [-0.15, -0.1) is 0 Å². The molecule has 0 aliphatic carbocycles. The van der Waals surface area contributed by atoms with Crippen molar-refractivity contribution in [2.24, 2.45) is 0 Å². The predicted octanol–water partition coefficient (Wildman–Crippen LogP) is 0.323. The molecule has 0 amide bonds. The van der Waals surface area contributed by atoms with Gasteiger partial charge in [-0.3, -0.25) is 0 Å². The Kier molecular flexibility index (Phi) is 11.3. The molecule has 0 aliphatic heterocycles. The Morgan fingerprint density at radius 2 is 1.78 bits per heavy atom. The second kappa shape index (κ2) is 9.97. The van der Waals surface area contributed by atoms with Crippen molar-refractivity contribution in [2.45, 2.75) is 13.5 Å². The van der Waals surface area contributed by atoms with E-state index in [1.165, 1.54) is 12.1 Å². The van der Waals surface area contributed by atoms with Gasteiger partial charge in [0.1, 0.15) is 0 Å². The van der Waals surface area contributed by atoms with Crippen molar-refractivity contribution in [2.75, 3.05) is 6.61 Å². The van der Waals surface area contributed by atoms with Crippen LogP contribution in [0.2, 0.25) is 0 Å². The molecule has 1 rings (SSSR count). The Balaban J connectivity index is 0. The van der Waals surface area contributed by atoms with Crippen molar-refractivity contribution >= 4 is 71.1 Å². The molecule has 0 aliphatic rings. The van der Waals surface area contributed by atoms with E-state index < -0.39 is 11.9 Å². The van der Waals surface area contributed by atoms with Gasteiger partial charge < -0.3 is 14.9 Å². The Labute approximate surface area is 149 Å². The summed E-state index contributed by atoms with van der Waals surface area (Å²) in [5.74, 6) is -2.51. The van der Waals surface area contributed by atoms with Crippen molar-refractivity contribution in [1.82, 2.24) is 0 Å². The molecule has 18 heavy (non-hydrogen) atoms. The van der Waals surface area contributed by atoms with Crippen LogP contribution >= 0.6 is 0 Å². The monoisotopic (exact) mass is 272 g/mol. The average Bonchev–Trinajstić information content (AvgIpc) is 2.25. The van der Waals surface area contributed by atoms with E-state index in [0.29, 0.717) is 12.2 Å². The molecule has 90 valence electrons. The second-order valence-electron chi connectivity index (χ2n) is 3.09. The van der Waals surface area contributed by atoms with E-state index >= 15 is 0 Å². The Morgan fingerprint density at radius 1 is 1.17 bits per heavy atom. The van der Waals surface area contributed by atoms with Crippen molar-refractivity contribution in [1.29, 1.82) is 0 Å². The number of hydrogen-bond donors (Lipinski definition) is 2. The second-order valence-corrected chi connectivity index (χ2v) is 3.09. The van der Waals surface area contributed by atoms with Gasteiger partial charge in [-0.1, -0.05) is 12.1 Å². The molecule has 7 heteroatoms. The molecule has 0 bridgehead atoms. The number of ether oxygens (including phenoxy) is 1. The van der Waals surface area contributed by atoms with E-state index in [9.17, 15) is 9.59 Å². The number of aromatic carboxylic acids is 2. The first-order valence-corrected chi connectivity index (χ1v) is 4.74. The summed E-state index contributed by atoms with van der Waals surface area (Å²) in [4.78, 5) is 21.8. The standard InChI is InChI=1S/C11H12O5.2Na.2H/c1-2-16-6-7-4-3-5-8(10(12)13)9(7)11(14)15;;;;/h3-5H,2,6H2,1H3,(H,12,13)(H,14,15);;;;. The first-order chi connectivity index (χ1) is 7.57. The zero-order valence-corrected chi connectivity index (χ0v) is 8.77. The molecular formula is C11H14Na2O5. The molecule has 5 nitrogen and oxygen atoms in total. The van der Waals surface area contributed by atoms with Crippen LogP contribution in [0.5, 0.6) is 0 Å². The van der Waals surface area contributed by atoms with Crippen molar-refractivity contribution in [3.05, 3.63) is 34.9 Å². The summed E-state index contributed by atoms with van der Waals surface area (Å²) >= 11 is 0. The number of benzene rings is 1. The van der Waals surface area contributed by atoms with Gasteiger partial charge in [-0.05, 0) is 18.6 Å². The van der Waals surface area contributed by atoms with Gasteiger partial charge in [-0.2, -0.15) is 0 Å². The average molecular weight is 272 g/mol. The topological polar surface area (TPSA) is 83.8 Å². The first-order valence-electron chi connectivity index (χ1n) is 4.74. The van der Waals surface area contributed by atoms with Crippen molar-refractivity contribution in [3.8, 4) is 0 Å². The molecule has 0 heterocycles. The number of carboxylic acid groups (broad SMARTS) is 2. The van der Waals surface area contributed by atoms with Crippen LogP contribution < -0.4 is 0 Å². The van der Waals surface area contributed by atoms with Crippen LogP contribution in [0.1, 0.15) is 33.2 Å². The fourth-order valence-electron chi connectivity index (χ4n) is 1.36. The van der Waals surface area contributed by atoms with E-state index in [0.717, 1.165) is 0 Å². The fraction of sp³-hybridized carbons (Fsp3) is 0.273. The summed E-state index contributed by atoms with van der Waals surface area (Å²) in [6.45, 7) is 2.32. The van der Waals surface area contributed by atoms with Crippen LogP contribution in [-0.2, 0) is 11.3 Å². The van der Waals surface area contributed by atoms with Crippen LogP contribution in [0.15, 0.2) is 18.2 Å². The molecule has 2 N–H and O–H groups in total. The van der Waals surface area contributed by atoms with Gasteiger partial charge in [0.05, 0.1) is 17.7 Å². The molecule has 0 radical (unpaired) electrons. The Morgan fingerprint density at radius 3 is 2.22 bits per heavy atom. The van der Waals surface area contributed by atoms with Gasteiger partial charge in [0.2, 0.25) is 0 Å². The summed E-state index contributed by atoms with van der Waals surface area (Å²) in [7, 11) is 0. The van der Waals surface area contributed by atoms with E-state index in [1.807, 2.05) is 0 Å². The maximum atomic E-state index is 11.0. The summed E-state index contributed by atoms with van der Waals surface area (Å²) in [6.07, 6.45) is 0. The van der Waals surface area contributed by atoms with Gasteiger partial charge in [0.25, 0.3) is 0 Å². The zero-order valence-electron chi connectivity index (χ0n) is 8.77. The van der Waals surface area contributed by atoms with E-state index in [2.05, 4.69) is 0 Å². The van der Waals surface area contributed by atoms with Crippen molar-refractivity contribution in [3.63, 3.8) is 0 Å². The van der Waals surface area contributed by atoms with Gasteiger partial charge in [-0.25, -0.2) is 9.59 Å². The number of carboxylic acids is 2. The van der Waals surface area contributed by atoms with Crippen LogP contribution in [0.4, 0.5) is 0 Å². The Bertz CT molecular complexity index is 420. The Hall–Kier alpha value is 0.120. The van der Waals surface area contributed by atoms with E-state index in [4.69, 9.17) is 14.9 Å². The predicted molar refractivity (Wildman–Crippen MR) is 70.0 cm³/mol. The van der Waals surface area contributed by atoms with Crippen LogP contribution in [0.3, 0.4) is 0 Å². The minimum absolute atomic E-state index is 0. The summed E-state index contributed by atoms with van der Waals surface area (Å²) in [5.41, 5.74) is -0.0533. The van der Waals surface area contributed by atoms with E-state index in [1.54, 1.807) is 13.0 Å². The number of hydrogen-bond acceptors (Lipinski definition) is 3. The minimum atomic E-state index is -1.26. The quantitative estimate of drug-likeness (QED) is 0.754. The maximum absolute atomic E-state index is 11.0. The van der Waals surface area contributed by atoms with Crippen LogP contribution in [-0.4, -0.2) is 87.9 Å². The van der Waals surface area contributed by atoms with Gasteiger partial charge in [0.15, 0.2) is 0 Å². The summed E-state index contributed by atoms with van der Waals surface area (Å²) < 4.78 is 5.09. The number of carbonyl (C=O) groups is 2. The third-order valence-corrected chi connectivity index (χ3v) is 2.06. The fourth-order valence-corrected chi connectivity index (χ4v) is 1.36. The normalized spacial score (nSPS) is 8.94. The zero-order chi connectivity index (χ0) is 12.1. The molecule has 0 saturated carbocycles. The van der Waals surface area contributed by atoms with Crippen molar-refractivity contribution < 1.29 is 24.5 Å². The molecule has 0 saturated heterocycles. The van der Waals surface area contributed by atoms with Crippen LogP contribution in [0.25, 0.3) is 0 Å². The first kappa shape index (κ1) is 20.4. The third kappa shape index (κ3) is 5.40. The third-order valence-electron chi connectivity index (χ3n) is 2.06. The molecule has 1 aromatic rings. The van der Waals surface area contributed by atoms with Crippen LogP contribution in [0, 0.1) is 0 Å². The van der Waals surface area contributed by atoms with Gasteiger partial charge >= 0.3 is 71.1 Å². The summed E-state index contributed by atoms with van der Waals surface area (Å²) in [6, 6.07) is 4.32. The molecule has 0 atom stereocenters. The molecule has 0 unspecified atom stereocenters. The molecular weight excluding hydrogens is 258 g/mol. The molecule has 0 aromatic heterocycles. The molecule has 1 aromatic carbocycles. The SMILES string of the molecule is CCOCc1cccc(C(=O)O)c1C(=O)O.[NaH].[NaH]. The van der Waals surface area contributed by atoms with E-state index in [-0.39, 0.29) is 76.8 Å². The molecule has 0 fully saturated rings.